The molecule has 0 aliphatic heterocycles. The van der Waals surface area contributed by atoms with Crippen LogP contribution in [-0.2, 0) is 14.3 Å². The summed E-state index contributed by atoms with van der Waals surface area (Å²) in [6.07, 6.45) is 7.09. The molecule has 3 aromatic carbocycles. The molecule has 0 saturated heterocycles. The highest BCUT2D eigenvalue weighted by atomic mass is 16.7. The van der Waals surface area contributed by atoms with Crippen LogP contribution >= 0.6 is 0 Å². The van der Waals surface area contributed by atoms with Crippen molar-refractivity contribution in [1.82, 2.24) is 0 Å². The first-order valence-corrected chi connectivity index (χ1v) is 12.7. The van der Waals surface area contributed by atoms with Crippen LogP contribution < -0.4 is 4.74 Å². The predicted molar refractivity (Wildman–Crippen MR) is 148 cm³/mol. The Morgan fingerprint density at radius 2 is 1.54 bits per heavy atom. The molecule has 0 fully saturated rings. The lowest BCUT2D eigenvalue weighted by Crippen LogP contribution is -2.19. The number of carbonyl (C=O) groups is 3. The Labute approximate surface area is 228 Å². The number of allylic oxidation sites excluding steroid dienone is 1. The summed E-state index contributed by atoms with van der Waals surface area (Å²) in [6.45, 7) is 5.23. The standard InChI is InChI=1S/C20H20O2.C12H12O5/c21-20(22-15-16-7-3-1-4-8-16)19-13-11-18(12-14-19)17-9-5-2-6-10-17;1-3-11(13)17-8(2)16-10-6-4-9(5-7-10)12(14)15/h2,5-7,9-14H,1,3-4,8,15H2;3-8H,1H2,2H3,(H,14,15). The van der Waals surface area contributed by atoms with E-state index in [1.807, 2.05) is 42.5 Å². The van der Waals surface area contributed by atoms with Gasteiger partial charge >= 0.3 is 17.9 Å². The maximum Gasteiger partial charge on any atom is 0.338 e. The van der Waals surface area contributed by atoms with Gasteiger partial charge in [-0.1, -0.05) is 55.1 Å². The molecule has 1 aliphatic carbocycles. The lowest BCUT2D eigenvalue weighted by atomic mass is 10.0. The van der Waals surface area contributed by atoms with Crippen LogP contribution in [-0.4, -0.2) is 35.9 Å². The van der Waals surface area contributed by atoms with Crippen molar-refractivity contribution < 1.29 is 33.7 Å². The van der Waals surface area contributed by atoms with Gasteiger partial charge in [-0.15, -0.1) is 0 Å². The minimum atomic E-state index is -1.01. The topological polar surface area (TPSA) is 99.1 Å². The average Bonchev–Trinajstić information content (AvgIpc) is 2.97. The minimum absolute atomic E-state index is 0.160. The van der Waals surface area contributed by atoms with Gasteiger partial charge in [0.15, 0.2) is 0 Å². The summed E-state index contributed by atoms with van der Waals surface area (Å²) in [5, 5.41) is 8.69. The molecule has 0 spiro atoms. The molecule has 7 heteroatoms. The molecule has 0 amide bonds. The van der Waals surface area contributed by atoms with E-state index in [2.05, 4.69) is 24.8 Å². The van der Waals surface area contributed by atoms with Crippen LogP contribution in [0.3, 0.4) is 0 Å². The fourth-order valence-corrected chi connectivity index (χ4v) is 3.81. The van der Waals surface area contributed by atoms with Gasteiger partial charge in [-0.3, -0.25) is 0 Å². The van der Waals surface area contributed by atoms with Crippen LogP contribution in [0.25, 0.3) is 11.1 Å². The van der Waals surface area contributed by atoms with Gasteiger partial charge < -0.3 is 19.3 Å². The second-order valence-electron chi connectivity index (χ2n) is 8.78. The number of aromatic carboxylic acids is 1. The summed E-state index contributed by atoms with van der Waals surface area (Å²) >= 11 is 0. The summed E-state index contributed by atoms with van der Waals surface area (Å²) in [4.78, 5) is 33.5. The van der Waals surface area contributed by atoms with E-state index in [-0.39, 0.29) is 11.5 Å². The van der Waals surface area contributed by atoms with E-state index in [1.165, 1.54) is 42.7 Å². The summed E-state index contributed by atoms with van der Waals surface area (Å²) < 4.78 is 15.4. The summed E-state index contributed by atoms with van der Waals surface area (Å²) in [6, 6.07) is 23.5. The molecule has 0 heterocycles. The van der Waals surface area contributed by atoms with Crippen LogP contribution in [0.15, 0.2) is 103 Å². The zero-order chi connectivity index (χ0) is 28.0. The van der Waals surface area contributed by atoms with Gasteiger partial charge in [0.25, 0.3) is 0 Å². The van der Waals surface area contributed by atoms with Crippen LogP contribution in [0, 0.1) is 0 Å². The zero-order valence-electron chi connectivity index (χ0n) is 21.9. The molecule has 1 N–H and O–H groups in total. The molecule has 0 radical (unpaired) electrons. The summed E-state index contributed by atoms with van der Waals surface area (Å²) in [7, 11) is 0. The maximum absolute atomic E-state index is 12.1. The van der Waals surface area contributed by atoms with E-state index in [9.17, 15) is 14.4 Å². The molecule has 1 atom stereocenters. The largest absolute Gasteiger partial charge is 0.478 e. The first-order valence-electron chi connectivity index (χ1n) is 12.7. The Hall–Kier alpha value is -4.65. The second-order valence-corrected chi connectivity index (χ2v) is 8.78. The number of carboxylic acids is 1. The first-order chi connectivity index (χ1) is 18.9. The predicted octanol–water partition coefficient (Wildman–Crippen LogP) is 6.85. The Morgan fingerprint density at radius 3 is 2.13 bits per heavy atom. The molecule has 3 aromatic rings. The number of rotatable bonds is 9. The van der Waals surface area contributed by atoms with E-state index in [4.69, 9.17) is 19.3 Å². The van der Waals surface area contributed by atoms with Crippen molar-refractivity contribution in [3.63, 3.8) is 0 Å². The minimum Gasteiger partial charge on any atom is -0.478 e. The Bertz CT molecular complexity index is 1280. The van der Waals surface area contributed by atoms with Gasteiger partial charge in [-0.05, 0) is 78.8 Å². The molecule has 1 unspecified atom stereocenters. The highest BCUT2D eigenvalue weighted by Gasteiger charge is 2.11. The third kappa shape index (κ3) is 9.63. The van der Waals surface area contributed by atoms with Crippen LogP contribution in [0.1, 0.15) is 53.3 Å². The SMILES string of the molecule is C=CC(=O)OC(C)Oc1ccc(C(=O)O)cc1.O=C(OCC1=CCCCC1)c1ccc(-c2ccccc2)cc1. The highest BCUT2D eigenvalue weighted by molar-refractivity contribution is 5.90. The van der Waals surface area contributed by atoms with Gasteiger partial charge in [-0.2, -0.15) is 0 Å². The van der Waals surface area contributed by atoms with E-state index in [0.717, 1.165) is 30.0 Å². The molecular weight excluding hydrogens is 496 g/mol. The number of hydrogen-bond acceptors (Lipinski definition) is 6. The Kier molecular flexibility index (Phi) is 11.1. The van der Waals surface area contributed by atoms with Crippen molar-refractivity contribution in [1.29, 1.82) is 0 Å². The van der Waals surface area contributed by atoms with Crippen molar-refractivity contribution in [2.45, 2.75) is 38.9 Å². The van der Waals surface area contributed by atoms with Crippen molar-refractivity contribution in [3.8, 4) is 16.9 Å². The molecule has 39 heavy (non-hydrogen) atoms. The van der Waals surface area contributed by atoms with Gasteiger partial charge in [0.2, 0.25) is 6.29 Å². The van der Waals surface area contributed by atoms with Crippen molar-refractivity contribution in [3.05, 3.63) is 114 Å². The molecule has 1 aliphatic rings. The highest BCUT2D eigenvalue weighted by Crippen LogP contribution is 2.21. The average molecular weight is 529 g/mol. The van der Waals surface area contributed by atoms with E-state index >= 15 is 0 Å². The normalized spacial score (nSPS) is 13.0. The zero-order valence-corrected chi connectivity index (χ0v) is 21.9. The lowest BCUT2D eigenvalue weighted by Gasteiger charge is -2.14. The summed E-state index contributed by atoms with van der Waals surface area (Å²) in [5.41, 5.74) is 4.27. The molecule has 0 aromatic heterocycles. The molecule has 202 valence electrons. The number of hydrogen-bond donors (Lipinski definition) is 1. The number of carboxylic acid groups (broad SMARTS) is 1. The van der Waals surface area contributed by atoms with Crippen LogP contribution in [0.5, 0.6) is 5.75 Å². The van der Waals surface area contributed by atoms with E-state index < -0.39 is 18.2 Å². The van der Waals surface area contributed by atoms with E-state index in [0.29, 0.717) is 17.9 Å². The number of esters is 2. The van der Waals surface area contributed by atoms with Crippen LogP contribution in [0.2, 0.25) is 0 Å². The van der Waals surface area contributed by atoms with Gasteiger partial charge in [0, 0.05) is 13.0 Å². The molecule has 0 saturated carbocycles. The molecule has 0 bridgehead atoms. The number of ether oxygens (including phenoxy) is 3. The van der Waals surface area contributed by atoms with Crippen molar-refractivity contribution >= 4 is 17.9 Å². The third-order valence-electron chi connectivity index (χ3n) is 5.85. The lowest BCUT2D eigenvalue weighted by molar-refractivity contribution is -0.154. The Morgan fingerprint density at radius 1 is 0.897 bits per heavy atom. The molecule has 4 rings (SSSR count). The smallest absolute Gasteiger partial charge is 0.338 e. The fraction of sp³-hybridized carbons (Fsp3) is 0.219. The quantitative estimate of drug-likeness (QED) is 0.140. The maximum atomic E-state index is 12.1. The van der Waals surface area contributed by atoms with Gasteiger partial charge in [-0.25, -0.2) is 14.4 Å². The Balaban J connectivity index is 0.000000224. The first kappa shape index (κ1) is 28.9. The fourth-order valence-electron chi connectivity index (χ4n) is 3.81. The van der Waals surface area contributed by atoms with Crippen molar-refractivity contribution in [2.24, 2.45) is 0 Å². The number of carbonyl (C=O) groups excluding carboxylic acids is 2. The molecule has 7 nitrogen and oxygen atoms in total. The van der Waals surface area contributed by atoms with Gasteiger partial charge in [0.1, 0.15) is 12.4 Å². The summed E-state index contributed by atoms with van der Waals surface area (Å²) in [5.74, 6) is -1.42. The van der Waals surface area contributed by atoms with E-state index in [1.54, 1.807) is 6.92 Å². The van der Waals surface area contributed by atoms with Crippen molar-refractivity contribution in [2.75, 3.05) is 6.61 Å². The number of benzene rings is 3. The second kappa shape index (κ2) is 14.9. The van der Waals surface area contributed by atoms with Gasteiger partial charge in [0.05, 0.1) is 11.1 Å². The molecular formula is C32H32O7. The third-order valence-corrected chi connectivity index (χ3v) is 5.85. The monoisotopic (exact) mass is 528 g/mol. The van der Waals surface area contributed by atoms with Crippen LogP contribution in [0.4, 0.5) is 0 Å².